The molecule has 1 aliphatic rings. The van der Waals surface area contributed by atoms with Crippen LogP contribution in [0, 0.1) is 0 Å². The molecule has 0 atom stereocenters. The first-order valence-electron chi connectivity index (χ1n) is 9.02. The molecule has 3 rings (SSSR count). The maximum absolute atomic E-state index is 12.2. The summed E-state index contributed by atoms with van der Waals surface area (Å²) in [5, 5.41) is 10.7. The lowest BCUT2D eigenvalue weighted by Crippen LogP contribution is -2.45. The number of hydrogen-bond acceptors (Lipinski definition) is 5. The van der Waals surface area contributed by atoms with E-state index in [4.69, 9.17) is 4.74 Å². The molecule has 0 saturated carbocycles. The number of likely N-dealkylation sites (N-methyl/N-ethyl adjacent to an activating group) is 1. The second-order valence-electron chi connectivity index (χ2n) is 6.64. The zero-order valence-corrected chi connectivity index (χ0v) is 17.9. The number of aromatic nitrogens is 2. The Labute approximate surface area is 178 Å². The van der Waals surface area contributed by atoms with Gasteiger partial charge in [0.1, 0.15) is 11.4 Å². The molecule has 7 nitrogen and oxygen atoms in total. The van der Waals surface area contributed by atoms with Crippen LogP contribution >= 0.6 is 24.8 Å². The van der Waals surface area contributed by atoms with E-state index in [1.807, 2.05) is 37.5 Å². The summed E-state index contributed by atoms with van der Waals surface area (Å²) in [6, 6.07) is 8.19. The monoisotopic (exact) mass is 429 g/mol. The third-order valence-corrected chi connectivity index (χ3v) is 4.78. The van der Waals surface area contributed by atoms with Crippen molar-refractivity contribution in [2.24, 2.45) is 0 Å². The van der Waals surface area contributed by atoms with Gasteiger partial charge in [0, 0.05) is 24.3 Å². The Balaban J connectivity index is 0.00000196. The fraction of sp³-hybridized carbons (Fsp3) is 0.474. The highest BCUT2D eigenvalue weighted by Crippen LogP contribution is 2.21. The maximum Gasteiger partial charge on any atom is 0.234 e. The van der Waals surface area contributed by atoms with Gasteiger partial charge in [-0.05, 0) is 45.1 Å². The van der Waals surface area contributed by atoms with Gasteiger partial charge in [-0.25, -0.2) is 4.68 Å². The van der Waals surface area contributed by atoms with Gasteiger partial charge in [0.25, 0.3) is 0 Å². The minimum Gasteiger partial charge on any atom is -0.494 e. The molecular weight excluding hydrogens is 401 g/mol. The van der Waals surface area contributed by atoms with Crippen molar-refractivity contribution in [2.45, 2.75) is 25.4 Å². The number of methoxy groups -OCH3 is 1. The van der Waals surface area contributed by atoms with E-state index in [9.17, 15) is 4.79 Å². The van der Waals surface area contributed by atoms with Gasteiger partial charge in [0.05, 0.1) is 19.9 Å². The number of benzene rings is 1. The average Bonchev–Trinajstić information content (AvgIpc) is 3.16. The molecule has 2 N–H and O–H groups in total. The number of hydrogen-bond donors (Lipinski definition) is 2. The topological polar surface area (TPSA) is 71.4 Å². The second-order valence-corrected chi connectivity index (χ2v) is 6.64. The molecule has 1 aromatic heterocycles. The number of rotatable bonds is 7. The molecule has 2 aromatic rings. The lowest BCUT2D eigenvalue weighted by atomic mass is 10.1. The van der Waals surface area contributed by atoms with E-state index < -0.39 is 0 Å². The minimum atomic E-state index is 0. The van der Waals surface area contributed by atoms with E-state index in [1.165, 1.54) is 0 Å². The number of nitrogens with zero attached hydrogens (tertiary/aromatic N) is 3. The number of amides is 1. The first kappa shape index (κ1) is 24.2. The summed E-state index contributed by atoms with van der Waals surface area (Å²) in [5.41, 5.74) is 1.83. The summed E-state index contributed by atoms with van der Waals surface area (Å²) in [7, 11) is 3.66. The lowest BCUT2D eigenvalue weighted by Gasteiger charge is -2.31. The van der Waals surface area contributed by atoms with Crippen molar-refractivity contribution in [1.29, 1.82) is 0 Å². The number of ether oxygens (including phenoxy) is 1. The van der Waals surface area contributed by atoms with Crippen LogP contribution in [0.15, 0.2) is 36.7 Å². The molecule has 1 saturated heterocycles. The van der Waals surface area contributed by atoms with Crippen molar-refractivity contribution in [3.63, 3.8) is 0 Å². The second kappa shape index (κ2) is 11.9. The SMILES string of the molecule is COc1ccccc1-n1cc(CNC(=O)CN(C)C2CCNCC2)cn1.Cl.Cl. The largest absolute Gasteiger partial charge is 0.494 e. The maximum atomic E-state index is 12.2. The quantitative estimate of drug-likeness (QED) is 0.704. The van der Waals surface area contributed by atoms with Gasteiger partial charge < -0.3 is 15.4 Å². The number of halogens is 2. The summed E-state index contributed by atoms with van der Waals surface area (Å²) < 4.78 is 7.13. The van der Waals surface area contributed by atoms with Crippen LogP contribution in [0.3, 0.4) is 0 Å². The third kappa shape index (κ3) is 6.38. The Hall–Kier alpha value is -1.80. The standard InChI is InChI=1S/C19H27N5O2.2ClH/c1-23(16-7-9-20-10-8-16)14-19(25)21-11-15-12-22-24(13-15)17-5-3-4-6-18(17)26-2;;/h3-6,12-13,16,20H,7-11,14H2,1-2H3,(H,21,25);2*1H. The van der Waals surface area contributed by atoms with E-state index in [0.717, 1.165) is 42.9 Å². The Morgan fingerprint density at radius 3 is 2.75 bits per heavy atom. The minimum absolute atomic E-state index is 0. The number of carbonyl (C=O) groups excluding carboxylic acids is 1. The Kier molecular flexibility index (Phi) is 10.3. The molecule has 9 heteroatoms. The molecule has 0 radical (unpaired) electrons. The number of piperidine rings is 1. The summed E-state index contributed by atoms with van der Waals surface area (Å²) in [4.78, 5) is 14.4. The van der Waals surface area contributed by atoms with Crippen LogP contribution in [0.5, 0.6) is 5.75 Å². The smallest absolute Gasteiger partial charge is 0.234 e. The molecular formula is C19H29Cl2N5O2. The summed E-state index contributed by atoms with van der Waals surface area (Å²) in [5.74, 6) is 0.797. The van der Waals surface area contributed by atoms with Crippen LogP contribution in [0.1, 0.15) is 18.4 Å². The number of para-hydroxylation sites is 2. The molecule has 0 spiro atoms. The van der Waals surface area contributed by atoms with Gasteiger partial charge in [-0.15, -0.1) is 24.8 Å². The first-order chi connectivity index (χ1) is 12.7. The van der Waals surface area contributed by atoms with Crippen LogP contribution in [0.25, 0.3) is 5.69 Å². The Morgan fingerprint density at radius 1 is 1.32 bits per heavy atom. The van der Waals surface area contributed by atoms with E-state index in [2.05, 4.69) is 20.6 Å². The zero-order valence-electron chi connectivity index (χ0n) is 16.3. The molecule has 0 unspecified atom stereocenters. The molecule has 1 fully saturated rings. The van der Waals surface area contributed by atoms with Crippen molar-refractivity contribution in [3.8, 4) is 11.4 Å². The third-order valence-electron chi connectivity index (χ3n) is 4.78. The normalized spacial score (nSPS) is 14.1. The number of nitrogens with one attached hydrogen (secondary N) is 2. The van der Waals surface area contributed by atoms with Crippen LogP contribution in [-0.2, 0) is 11.3 Å². The van der Waals surface area contributed by atoms with Crippen molar-refractivity contribution in [1.82, 2.24) is 25.3 Å². The van der Waals surface area contributed by atoms with Crippen LogP contribution in [-0.4, -0.2) is 60.4 Å². The van der Waals surface area contributed by atoms with E-state index in [1.54, 1.807) is 18.0 Å². The van der Waals surface area contributed by atoms with Gasteiger partial charge in [-0.1, -0.05) is 12.1 Å². The Bertz CT molecular complexity index is 735. The molecule has 1 aliphatic heterocycles. The van der Waals surface area contributed by atoms with Crippen LogP contribution in [0.2, 0.25) is 0 Å². The predicted molar refractivity (Wildman–Crippen MR) is 115 cm³/mol. The fourth-order valence-electron chi connectivity index (χ4n) is 3.26. The fourth-order valence-corrected chi connectivity index (χ4v) is 3.26. The van der Waals surface area contributed by atoms with E-state index in [0.29, 0.717) is 19.1 Å². The number of carbonyl (C=O) groups is 1. The summed E-state index contributed by atoms with van der Waals surface area (Å²) >= 11 is 0. The van der Waals surface area contributed by atoms with Crippen LogP contribution in [0.4, 0.5) is 0 Å². The van der Waals surface area contributed by atoms with Crippen molar-refractivity contribution in [3.05, 3.63) is 42.2 Å². The molecule has 28 heavy (non-hydrogen) atoms. The first-order valence-corrected chi connectivity index (χ1v) is 9.02. The molecule has 0 aliphatic carbocycles. The molecule has 1 aromatic carbocycles. The van der Waals surface area contributed by atoms with E-state index >= 15 is 0 Å². The molecule has 0 bridgehead atoms. The van der Waals surface area contributed by atoms with Crippen molar-refractivity contribution in [2.75, 3.05) is 33.8 Å². The van der Waals surface area contributed by atoms with Crippen molar-refractivity contribution >= 4 is 30.7 Å². The summed E-state index contributed by atoms with van der Waals surface area (Å²) in [6.45, 7) is 2.94. The predicted octanol–water partition coefficient (Wildman–Crippen LogP) is 2.02. The van der Waals surface area contributed by atoms with Crippen molar-refractivity contribution < 1.29 is 9.53 Å². The zero-order chi connectivity index (χ0) is 18.4. The molecule has 2 heterocycles. The highest BCUT2D eigenvalue weighted by atomic mass is 35.5. The summed E-state index contributed by atoms with van der Waals surface area (Å²) in [6.07, 6.45) is 5.86. The average molecular weight is 430 g/mol. The Morgan fingerprint density at radius 2 is 2.04 bits per heavy atom. The van der Waals surface area contributed by atoms with Gasteiger partial charge in [-0.2, -0.15) is 5.10 Å². The molecule has 156 valence electrons. The lowest BCUT2D eigenvalue weighted by molar-refractivity contribution is -0.122. The highest BCUT2D eigenvalue weighted by molar-refractivity contribution is 5.85. The van der Waals surface area contributed by atoms with Gasteiger partial charge in [0.2, 0.25) is 5.91 Å². The highest BCUT2D eigenvalue weighted by Gasteiger charge is 2.19. The van der Waals surface area contributed by atoms with Gasteiger partial charge in [-0.3, -0.25) is 9.69 Å². The molecule has 1 amide bonds. The van der Waals surface area contributed by atoms with E-state index in [-0.39, 0.29) is 30.7 Å². The van der Waals surface area contributed by atoms with Gasteiger partial charge >= 0.3 is 0 Å². The van der Waals surface area contributed by atoms with Crippen LogP contribution < -0.4 is 15.4 Å². The van der Waals surface area contributed by atoms with Gasteiger partial charge in [0.15, 0.2) is 0 Å².